The first-order valence-corrected chi connectivity index (χ1v) is 8.05. The van der Waals surface area contributed by atoms with Crippen LogP contribution >= 0.6 is 11.6 Å². The molecule has 1 aromatic rings. The van der Waals surface area contributed by atoms with Gasteiger partial charge in [0, 0.05) is 10.6 Å². The summed E-state index contributed by atoms with van der Waals surface area (Å²) in [4.78, 5) is 19.2. The first-order valence-electron chi connectivity index (χ1n) is 7.67. The Labute approximate surface area is 146 Å². The first kappa shape index (κ1) is 16.7. The number of benzene rings is 1. The minimum absolute atomic E-state index is 0.330. The second-order valence-electron chi connectivity index (χ2n) is 6.92. The van der Waals surface area contributed by atoms with Gasteiger partial charge in [-0.05, 0) is 51.0 Å². The zero-order valence-electron chi connectivity index (χ0n) is 13.9. The molecular weight excluding hydrogens is 328 g/mol. The van der Waals surface area contributed by atoms with Crippen LogP contribution in [0, 0.1) is 11.8 Å². The van der Waals surface area contributed by atoms with E-state index in [0.717, 1.165) is 5.56 Å². The first-order chi connectivity index (χ1) is 11.2. The molecule has 1 N–H and O–H groups in total. The molecule has 24 heavy (non-hydrogen) atoms. The van der Waals surface area contributed by atoms with Crippen molar-refractivity contribution in [1.82, 2.24) is 10.4 Å². The Balaban J connectivity index is 1.61. The van der Waals surface area contributed by atoms with E-state index in [9.17, 15) is 4.79 Å². The molecule has 2 aliphatic rings. The number of ether oxygens (including phenoxy) is 1. The van der Waals surface area contributed by atoms with E-state index in [1.807, 2.05) is 39.0 Å². The molecule has 0 saturated carbocycles. The Bertz CT molecular complexity index is 750. The Hall–Kier alpha value is -2.16. The number of carbonyl (C=O) groups is 1. The molecule has 1 spiro atoms. The smallest absolute Gasteiger partial charge is 0.410 e. The molecule has 3 rings (SSSR count). The number of hydrogen-bond acceptors (Lipinski definition) is 4. The van der Waals surface area contributed by atoms with Crippen LogP contribution in [-0.4, -0.2) is 35.3 Å². The quantitative estimate of drug-likeness (QED) is 0.733. The van der Waals surface area contributed by atoms with E-state index in [-0.39, 0.29) is 6.09 Å². The Morgan fingerprint density at radius 3 is 2.79 bits per heavy atom. The topological polar surface area (TPSA) is 50.8 Å². The fourth-order valence-electron chi connectivity index (χ4n) is 2.46. The highest BCUT2D eigenvalue weighted by Crippen LogP contribution is 2.31. The number of carbonyl (C=O) groups excluding carboxylic acids is 1. The Morgan fingerprint density at radius 1 is 1.38 bits per heavy atom. The fraction of sp³-hybridized carbons (Fsp3) is 0.389. The van der Waals surface area contributed by atoms with Crippen LogP contribution in [0.15, 0.2) is 36.0 Å². The van der Waals surface area contributed by atoms with Gasteiger partial charge in [0.15, 0.2) is 5.60 Å². The molecule has 5 nitrogen and oxygen atoms in total. The van der Waals surface area contributed by atoms with E-state index in [1.165, 1.54) is 0 Å². The van der Waals surface area contributed by atoms with Gasteiger partial charge in [0.2, 0.25) is 0 Å². The van der Waals surface area contributed by atoms with Crippen molar-refractivity contribution in [2.24, 2.45) is 0 Å². The third-order valence-corrected chi connectivity index (χ3v) is 3.74. The molecule has 1 amide bonds. The molecule has 2 heterocycles. The van der Waals surface area contributed by atoms with Gasteiger partial charge in [0.25, 0.3) is 0 Å². The number of hydrogen-bond donors (Lipinski definition) is 1. The summed E-state index contributed by atoms with van der Waals surface area (Å²) in [7, 11) is 0. The van der Waals surface area contributed by atoms with E-state index in [1.54, 1.807) is 17.0 Å². The van der Waals surface area contributed by atoms with Gasteiger partial charge in [-0.15, -0.1) is 0 Å². The van der Waals surface area contributed by atoms with E-state index >= 15 is 0 Å². The van der Waals surface area contributed by atoms with Crippen molar-refractivity contribution in [1.29, 1.82) is 0 Å². The summed E-state index contributed by atoms with van der Waals surface area (Å²) in [5.74, 6) is 6.04. The summed E-state index contributed by atoms with van der Waals surface area (Å²) in [6, 6.07) is 7.34. The van der Waals surface area contributed by atoms with Crippen molar-refractivity contribution in [2.75, 3.05) is 13.1 Å². The van der Waals surface area contributed by atoms with Crippen LogP contribution < -0.4 is 5.48 Å². The summed E-state index contributed by atoms with van der Waals surface area (Å²) in [5.41, 5.74) is 3.31. The molecule has 0 atom stereocenters. The SMILES string of the molecule is CC(C)(C)OC(=O)N1CC2(C=C(C#Cc3cccc(Cl)c3)NO2)C1. The average molecular weight is 347 g/mol. The lowest BCUT2D eigenvalue weighted by atomic mass is 9.94. The van der Waals surface area contributed by atoms with Crippen LogP contribution in [0.4, 0.5) is 4.79 Å². The monoisotopic (exact) mass is 346 g/mol. The van der Waals surface area contributed by atoms with Gasteiger partial charge in [-0.1, -0.05) is 23.6 Å². The van der Waals surface area contributed by atoms with E-state index in [2.05, 4.69) is 17.3 Å². The predicted molar refractivity (Wildman–Crippen MR) is 91.2 cm³/mol. The lowest BCUT2D eigenvalue weighted by molar-refractivity contribution is -0.125. The normalized spacial score (nSPS) is 18.2. The molecule has 0 radical (unpaired) electrons. The van der Waals surface area contributed by atoms with Crippen molar-refractivity contribution >= 4 is 17.7 Å². The molecule has 2 aliphatic heterocycles. The number of hydroxylamine groups is 1. The second-order valence-corrected chi connectivity index (χ2v) is 7.36. The Kier molecular flexibility index (Phi) is 4.20. The molecule has 6 heteroatoms. The van der Waals surface area contributed by atoms with Crippen molar-refractivity contribution in [3.8, 4) is 11.8 Å². The number of allylic oxidation sites excluding steroid dienone is 1. The largest absolute Gasteiger partial charge is 0.444 e. The summed E-state index contributed by atoms with van der Waals surface area (Å²) < 4.78 is 5.34. The highest BCUT2D eigenvalue weighted by Gasteiger charge is 2.49. The van der Waals surface area contributed by atoms with E-state index in [0.29, 0.717) is 23.8 Å². The molecule has 1 aromatic carbocycles. The van der Waals surface area contributed by atoms with Crippen molar-refractivity contribution in [3.63, 3.8) is 0 Å². The van der Waals surface area contributed by atoms with Crippen LogP contribution in [0.25, 0.3) is 0 Å². The number of rotatable bonds is 0. The minimum Gasteiger partial charge on any atom is -0.444 e. The van der Waals surface area contributed by atoms with Crippen molar-refractivity contribution in [2.45, 2.75) is 32.0 Å². The van der Waals surface area contributed by atoms with Gasteiger partial charge in [0.05, 0.1) is 13.1 Å². The predicted octanol–water partition coefficient (Wildman–Crippen LogP) is 3.10. The maximum Gasteiger partial charge on any atom is 0.410 e. The number of nitrogens with one attached hydrogen (secondary N) is 1. The zero-order valence-corrected chi connectivity index (χ0v) is 14.6. The lowest BCUT2D eigenvalue weighted by Crippen LogP contribution is -2.63. The molecule has 0 bridgehead atoms. The highest BCUT2D eigenvalue weighted by atomic mass is 35.5. The van der Waals surface area contributed by atoms with Crippen LogP contribution in [0.5, 0.6) is 0 Å². The van der Waals surface area contributed by atoms with E-state index < -0.39 is 11.2 Å². The van der Waals surface area contributed by atoms with E-state index in [4.69, 9.17) is 21.2 Å². The van der Waals surface area contributed by atoms with Gasteiger partial charge < -0.3 is 9.64 Å². The van der Waals surface area contributed by atoms with Crippen molar-refractivity contribution in [3.05, 3.63) is 46.6 Å². The third-order valence-electron chi connectivity index (χ3n) is 3.51. The summed E-state index contributed by atoms with van der Waals surface area (Å²) in [6.07, 6.45) is 1.58. The molecule has 0 aliphatic carbocycles. The van der Waals surface area contributed by atoms with Gasteiger partial charge in [-0.2, -0.15) is 0 Å². The van der Waals surface area contributed by atoms with Gasteiger partial charge in [0.1, 0.15) is 11.3 Å². The highest BCUT2D eigenvalue weighted by molar-refractivity contribution is 6.30. The van der Waals surface area contributed by atoms with Crippen LogP contribution in [0.1, 0.15) is 26.3 Å². The summed E-state index contributed by atoms with van der Waals surface area (Å²) >= 11 is 5.94. The van der Waals surface area contributed by atoms with Crippen LogP contribution in [0.3, 0.4) is 0 Å². The Morgan fingerprint density at radius 2 is 2.12 bits per heavy atom. The third kappa shape index (κ3) is 3.84. The number of nitrogens with zero attached hydrogens (tertiary/aromatic N) is 1. The molecular formula is C18H19ClN2O3. The summed E-state index contributed by atoms with van der Waals surface area (Å²) in [5, 5.41) is 0.648. The lowest BCUT2D eigenvalue weighted by Gasteiger charge is -2.44. The summed E-state index contributed by atoms with van der Waals surface area (Å²) in [6.45, 7) is 6.42. The molecule has 1 saturated heterocycles. The van der Waals surface area contributed by atoms with Crippen molar-refractivity contribution < 1.29 is 14.4 Å². The molecule has 126 valence electrons. The standard InChI is InChI=1S/C18H19ClN2O3/c1-17(2,3)23-16(22)21-11-18(12-21)10-15(20-24-18)8-7-13-5-4-6-14(19)9-13/h4-6,9-10,20H,11-12H2,1-3H3. The molecule has 1 fully saturated rings. The second kappa shape index (κ2) is 6.04. The van der Waals surface area contributed by atoms with Crippen LogP contribution in [-0.2, 0) is 9.57 Å². The number of likely N-dealkylation sites (tertiary alicyclic amines) is 1. The van der Waals surface area contributed by atoms with Crippen LogP contribution in [0.2, 0.25) is 5.02 Å². The minimum atomic E-state index is -0.519. The number of halogens is 1. The van der Waals surface area contributed by atoms with Gasteiger partial charge >= 0.3 is 6.09 Å². The molecule has 0 unspecified atom stereocenters. The zero-order chi connectivity index (χ0) is 17.4. The maximum absolute atomic E-state index is 12.0. The number of amides is 1. The average Bonchev–Trinajstić information content (AvgIpc) is 2.86. The van der Waals surface area contributed by atoms with Gasteiger partial charge in [-0.25, -0.2) is 4.79 Å². The van der Waals surface area contributed by atoms with Gasteiger partial charge in [-0.3, -0.25) is 10.3 Å². The molecule has 0 aromatic heterocycles. The maximum atomic E-state index is 12.0. The fourth-order valence-corrected chi connectivity index (χ4v) is 2.65.